The number of hydrogen-bond acceptors (Lipinski definition) is 11. The standard InChI is InChI=1S/C31H38N4O8/c1-6-9-33-13-15-7-8-20(43-15)17-12-19(34(2)3)16-10-14-11-18-24(35(4)5)27(38)23(30(32)41)29(40)31(18,42)28(39)21(14)26(37)22(16)25(17)36/h7-8,12,14,18,24,33,36,38-39,42H,6,9-11,13H2,1-5H3,(H2,32,41)/t14-,18-,24-,31-/m0/s1. The molecule has 12 nitrogen and oxygen atoms in total. The number of Topliss-reactive ketones (excluding diaryl/α,β-unsaturated/α-hetero) is 2. The van der Waals surface area contributed by atoms with Crippen molar-refractivity contribution in [3.63, 3.8) is 0 Å². The van der Waals surface area contributed by atoms with Crippen LogP contribution in [0.4, 0.5) is 5.69 Å². The van der Waals surface area contributed by atoms with E-state index in [-0.39, 0.29) is 35.3 Å². The van der Waals surface area contributed by atoms with Crippen molar-refractivity contribution in [1.29, 1.82) is 0 Å². The second-order valence-corrected chi connectivity index (χ2v) is 11.9. The van der Waals surface area contributed by atoms with Crippen LogP contribution in [0.25, 0.3) is 11.3 Å². The van der Waals surface area contributed by atoms with E-state index in [9.17, 15) is 34.8 Å². The summed E-state index contributed by atoms with van der Waals surface area (Å²) >= 11 is 0. The van der Waals surface area contributed by atoms with E-state index in [1.54, 1.807) is 32.3 Å². The fraction of sp³-hybridized carbons (Fsp3) is 0.452. The molecule has 43 heavy (non-hydrogen) atoms. The van der Waals surface area contributed by atoms with Crippen LogP contribution in [0.3, 0.4) is 0 Å². The Kier molecular flexibility index (Phi) is 7.66. The van der Waals surface area contributed by atoms with Crippen molar-refractivity contribution < 1.29 is 39.2 Å². The van der Waals surface area contributed by atoms with Crippen molar-refractivity contribution in [3.8, 4) is 17.1 Å². The van der Waals surface area contributed by atoms with Gasteiger partial charge in [-0.15, -0.1) is 0 Å². The van der Waals surface area contributed by atoms with Crippen LogP contribution in [0.2, 0.25) is 0 Å². The third-order valence-corrected chi connectivity index (χ3v) is 8.83. The lowest BCUT2D eigenvalue weighted by atomic mass is 9.58. The molecule has 230 valence electrons. The van der Waals surface area contributed by atoms with E-state index in [1.165, 1.54) is 4.90 Å². The van der Waals surface area contributed by atoms with Gasteiger partial charge in [0.2, 0.25) is 5.78 Å². The number of nitrogens with zero attached hydrogens (tertiary/aromatic N) is 2. The van der Waals surface area contributed by atoms with E-state index in [0.717, 1.165) is 13.0 Å². The van der Waals surface area contributed by atoms with E-state index in [2.05, 4.69) is 12.2 Å². The molecule has 0 radical (unpaired) electrons. The third-order valence-electron chi connectivity index (χ3n) is 8.83. The summed E-state index contributed by atoms with van der Waals surface area (Å²) in [4.78, 5) is 43.3. The molecule has 0 unspecified atom stereocenters. The summed E-state index contributed by atoms with van der Waals surface area (Å²) in [6.45, 7) is 3.34. The number of likely N-dealkylation sites (N-methyl/N-ethyl adjacent to an activating group) is 1. The van der Waals surface area contributed by atoms with E-state index >= 15 is 0 Å². The number of anilines is 1. The van der Waals surface area contributed by atoms with E-state index < -0.39 is 58.0 Å². The molecule has 0 saturated heterocycles. The number of fused-ring (bicyclic) bond motifs is 3. The van der Waals surface area contributed by atoms with Crippen molar-refractivity contribution in [1.82, 2.24) is 10.2 Å². The van der Waals surface area contributed by atoms with Crippen LogP contribution in [-0.4, -0.2) is 89.2 Å². The topological polar surface area (TPSA) is 190 Å². The van der Waals surface area contributed by atoms with Crippen LogP contribution in [0, 0.1) is 11.8 Å². The number of amides is 1. The second kappa shape index (κ2) is 10.9. The monoisotopic (exact) mass is 594 g/mol. The Morgan fingerprint density at radius 2 is 1.86 bits per heavy atom. The number of furan rings is 1. The normalized spacial score (nSPS) is 25.1. The maximum atomic E-state index is 14.2. The largest absolute Gasteiger partial charge is 0.510 e. The first-order valence-electron chi connectivity index (χ1n) is 14.3. The van der Waals surface area contributed by atoms with Crippen molar-refractivity contribution >= 4 is 23.2 Å². The van der Waals surface area contributed by atoms with Crippen LogP contribution in [0.15, 0.2) is 45.3 Å². The van der Waals surface area contributed by atoms with Gasteiger partial charge in [0.1, 0.15) is 34.4 Å². The number of benzene rings is 1. The summed E-state index contributed by atoms with van der Waals surface area (Å²) in [5.41, 5.74) is 3.08. The SMILES string of the molecule is CCCNCc1ccc(-c2cc(N(C)C)c3c(c2O)C(=O)C2=C(O)[C@]4(O)C(=O)C(C(N)=O)=C(O)[C@@H](N(C)C)[C@@H]4C[C@@H]2C3)o1. The Hall–Kier alpha value is -4.13. The average molecular weight is 595 g/mol. The Labute approximate surface area is 249 Å². The Morgan fingerprint density at radius 1 is 1.16 bits per heavy atom. The maximum absolute atomic E-state index is 14.2. The molecular formula is C31H38N4O8. The van der Waals surface area contributed by atoms with Crippen molar-refractivity contribution in [2.75, 3.05) is 39.6 Å². The lowest BCUT2D eigenvalue weighted by molar-refractivity contribution is -0.148. The van der Waals surface area contributed by atoms with Crippen LogP contribution in [0.1, 0.15) is 41.4 Å². The summed E-state index contributed by atoms with van der Waals surface area (Å²) in [5.74, 6) is -5.88. The zero-order valence-corrected chi connectivity index (χ0v) is 24.9. The number of phenols is 1. The Bertz CT molecular complexity index is 1590. The molecule has 7 N–H and O–H groups in total. The fourth-order valence-electron chi connectivity index (χ4n) is 6.89. The van der Waals surface area contributed by atoms with Crippen LogP contribution in [-0.2, 0) is 22.6 Å². The number of ketones is 2. The average Bonchev–Trinajstić information content (AvgIpc) is 3.39. The highest BCUT2D eigenvalue weighted by Crippen LogP contribution is 2.54. The quantitative estimate of drug-likeness (QED) is 0.193. The number of hydrogen-bond donors (Lipinski definition) is 6. The van der Waals surface area contributed by atoms with Gasteiger partial charge < -0.3 is 40.8 Å². The van der Waals surface area contributed by atoms with Gasteiger partial charge in [-0.2, -0.15) is 0 Å². The Morgan fingerprint density at radius 3 is 2.47 bits per heavy atom. The minimum absolute atomic E-state index is 0.0213. The number of phenolic OH excluding ortho intramolecular Hbond substituents is 1. The summed E-state index contributed by atoms with van der Waals surface area (Å²) in [6.07, 6.45) is 1.17. The molecule has 0 aliphatic heterocycles. The number of aliphatic hydroxyl groups is 3. The van der Waals surface area contributed by atoms with Crippen molar-refractivity contribution in [2.24, 2.45) is 17.6 Å². The lowest BCUT2D eigenvalue weighted by Crippen LogP contribution is -2.63. The molecule has 0 fully saturated rings. The molecule has 3 aliphatic rings. The Balaban J connectivity index is 1.67. The van der Waals surface area contributed by atoms with Gasteiger partial charge in [0.25, 0.3) is 5.91 Å². The molecule has 4 atom stereocenters. The number of aromatic hydroxyl groups is 1. The number of nitrogens with two attached hydrogens (primary N) is 1. The van der Waals surface area contributed by atoms with E-state index in [4.69, 9.17) is 10.2 Å². The molecule has 5 rings (SSSR count). The minimum Gasteiger partial charge on any atom is -0.510 e. The summed E-state index contributed by atoms with van der Waals surface area (Å²) in [6, 6.07) is 4.19. The van der Waals surface area contributed by atoms with Gasteiger partial charge in [-0.25, -0.2) is 0 Å². The fourth-order valence-corrected chi connectivity index (χ4v) is 6.89. The van der Waals surface area contributed by atoms with Gasteiger partial charge in [-0.05, 0) is 69.6 Å². The maximum Gasteiger partial charge on any atom is 0.255 e. The third kappa shape index (κ3) is 4.52. The van der Waals surface area contributed by atoms with E-state index in [0.29, 0.717) is 29.3 Å². The highest BCUT2D eigenvalue weighted by molar-refractivity contribution is 6.25. The molecule has 1 aromatic carbocycles. The molecule has 0 bridgehead atoms. The molecule has 1 aromatic heterocycles. The molecule has 3 aliphatic carbocycles. The van der Waals surface area contributed by atoms with Gasteiger partial charge in [0.15, 0.2) is 11.4 Å². The number of allylic oxidation sites excluding steroid dienone is 1. The van der Waals surface area contributed by atoms with E-state index in [1.807, 2.05) is 19.0 Å². The van der Waals surface area contributed by atoms with Crippen LogP contribution >= 0.6 is 0 Å². The number of aliphatic hydroxyl groups excluding tert-OH is 2. The molecule has 2 aromatic rings. The number of rotatable bonds is 8. The molecule has 0 saturated carbocycles. The lowest BCUT2D eigenvalue weighted by Gasteiger charge is -2.50. The minimum atomic E-state index is -2.69. The molecule has 1 heterocycles. The number of primary amides is 1. The molecular weight excluding hydrogens is 556 g/mol. The second-order valence-electron chi connectivity index (χ2n) is 11.9. The first-order valence-corrected chi connectivity index (χ1v) is 14.3. The number of carbonyl (C=O) groups excluding carboxylic acids is 3. The number of nitrogens with one attached hydrogen (secondary N) is 1. The number of carbonyl (C=O) groups is 3. The highest BCUT2D eigenvalue weighted by Gasteiger charge is 2.63. The predicted molar refractivity (Wildman–Crippen MR) is 158 cm³/mol. The zero-order chi connectivity index (χ0) is 31.5. The summed E-state index contributed by atoms with van der Waals surface area (Å²) in [5, 5.41) is 49.1. The molecule has 0 spiro atoms. The summed E-state index contributed by atoms with van der Waals surface area (Å²) < 4.78 is 5.99. The summed E-state index contributed by atoms with van der Waals surface area (Å²) in [7, 11) is 6.80. The zero-order valence-electron chi connectivity index (χ0n) is 24.9. The predicted octanol–water partition coefficient (Wildman–Crippen LogP) is 1.95. The van der Waals surface area contributed by atoms with Gasteiger partial charge in [-0.3, -0.25) is 19.3 Å². The van der Waals surface area contributed by atoms with Crippen molar-refractivity contribution in [3.05, 3.63) is 57.8 Å². The molecule has 12 heteroatoms. The van der Waals surface area contributed by atoms with Gasteiger partial charge in [-0.1, -0.05) is 6.92 Å². The van der Waals surface area contributed by atoms with Crippen LogP contribution in [0.5, 0.6) is 5.75 Å². The molecule has 1 amide bonds. The highest BCUT2D eigenvalue weighted by atomic mass is 16.4. The first-order chi connectivity index (χ1) is 20.2. The smallest absolute Gasteiger partial charge is 0.255 e. The van der Waals surface area contributed by atoms with Gasteiger partial charge in [0, 0.05) is 31.3 Å². The van der Waals surface area contributed by atoms with Gasteiger partial charge >= 0.3 is 0 Å². The first kappa shape index (κ1) is 30.3. The van der Waals surface area contributed by atoms with Gasteiger partial charge in [0.05, 0.1) is 23.7 Å². The van der Waals surface area contributed by atoms with Crippen LogP contribution < -0.4 is 16.0 Å². The van der Waals surface area contributed by atoms with Crippen molar-refractivity contribution in [2.45, 2.75) is 44.4 Å².